The third-order valence-electron chi connectivity index (χ3n) is 10.2. The molecule has 1 saturated heterocycles. The molecule has 7 atom stereocenters. The van der Waals surface area contributed by atoms with E-state index in [2.05, 4.69) is 0 Å². The SMILES string of the molecule is COCC(=O)OCC1=C(C)C[C@H](CCCOC(=O)C(C)(C)C)O[C@@H]1CC1O[C@H](C[C@H](C)COC(=O)c2ccccc2)[C@H](C)[C@H]1CS(=O)(=O)c1ccccc1. The Morgan fingerprint density at radius 3 is 2.24 bits per heavy atom. The summed E-state index contributed by atoms with van der Waals surface area (Å²) in [5, 5.41) is 0. The van der Waals surface area contributed by atoms with Crippen molar-refractivity contribution in [2.45, 2.75) is 103 Å². The van der Waals surface area contributed by atoms with E-state index in [1.54, 1.807) is 54.6 Å². The van der Waals surface area contributed by atoms with Crippen LogP contribution in [-0.2, 0) is 47.8 Å². The molecule has 11 nitrogen and oxygen atoms in total. The van der Waals surface area contributed by atoms with Gasteiger partial charge in [-0.15, -0.1) is 0 Å². The molecular formula is C42H58O11S. The lowest BCUT2D eigenvalue weighted by Crippen LogP contribution is -2.38. The smallest absolute Gasteiger partial charge is 0.338 e. The largest absolute Gasteiger partial charge is 0.465 e. The van der Waals surface area contributed by atoms with Crippen LogP contribution in [0.25, 0.3) is 0 Å². The van der Waals surface area contributed by atoms with Crippen molar-refractivity contribution in [3.63, 3.8) is 0 Å². The molecule has 12 heteroatoms. The van der Waals surface area contributed by atoms with Gasteiger partial charge in [-0.3, -0.25) is 4.79 Å². The van der Waals surface area contributed by atoms with Gasteiger partial charge in [0.1, 0.15) is 13.2 Å². The molecule has 0 radical (unpaired) electrons. The summed E-state index contributed by atoms with van der Waals surface area (Å²) >= 11 is 0. The zero-order valence-electron chi connectivity index (χ0n) is 32.8. The Kier molecular flexibility index (Phi) is 15.9. The Balaban J connectivity index is 1.53. The minimum absolute atomic E-state index is 0.0110. The molecule has 0 N–H and O–H groups in total. The van der Waals surface area contributed by atoms with Gasteiger partial charge >= 0.3 is 17.9 Å². The monoisotopic (exact) mass is 770 g/mol. The van der Waals surface area contributed by atoms with E-state index in [0.717, 1.165) is 11.1 Å². The standard InChI is InChI=1S/C42H58O11S/c1-28(24-51-40(44)31-15-10-8-11-16-31)21-36-30(3)35(27-54(46,47)33-18-12-9-13-19-33)38(53-36)23-37-34(25-50-39(43)26-48-7)29(2)22-32(52-37)17-14-20-49-41(45)42(4,5)6/h8-13,15-16,18-19,28,30,32,35-38H,14,17,20-27H2,1-7H3/t28-,30+,32-,35+,36+,37+,38?/m0/s1. The molecule has 0 aromatic heterocycles. The van der Waals surface area contributed by atoms with E-state index in [0.29, 0.717) is 37.7 Å². The lowest BCUT2D eigenvalue weighted by molar-refractivity contribution is -0.153. The number of hydrogen-bond acceptors (Lipinski definition) is 11. The highest BCUT2D eigenvalue weighted by Crippen LogP contribution is 2.42. The van der Waals surface area contributed by atoms with Gasteiger partial charge < -0.3 is 28.4 Å². The molecule has 1 unspecified atom stereocenters. The van der Waals surface area contributed by atoms with E-state index in [4.69, 9.17) is 28.4 Å². The van der Waals surface area contributed by atoms with Crippen molar-refractivity contribution >= 4 is 27.7 Å². The Morgan fingerprint density at radius 1 is 0.926 bits per heavy atom. The first-order valence-electron chi connectivity index (χ1n) is 18.9. The molecule has 1 fully saturated rings. The molecule has 4 rings (SSSR count). The number of ether oxygens (including phenoxy) is 6. The van der Waals surface area contributed by atoms with Crippen LogP contribution in [0.4, 0.5) is 0 Å². The van der Waals surface area contributed by atoms with Crippen molar-refractivity contribution in [3.05, 3.63) is 77.4 Å². The minimum Gasteiger partial charge on any atom is -0.465 e. The Morgan fingerprint density at radius 2 is 1.59 bits per heavy atom. The van der Waals surface area contributed by atoms with Crippen molar-refractivity contribution < 1.29 is 51.2 Å². The van der Waals surface area contributed by atoms with Gasteiger partial charge in [0, 0.05) is 19.4 Å². The van der Waals surface area contributed by atoms with Gasteiger partial charge in [0.25, 0.3) is 0 Å². The maximum atomic E-state index is 13.8. The Bertz CT molecular complexity index is 1670. The normalized spacial score (nSPS) is 23.8. The van der Waals surface area contributed by atoms with Gasteiger partial charge in [-0.1, -0.05) is 55.8 Å². The Hall–Kier alpha value is -3.58. The maximum absolute atomic E-state index is 13.8. The van der Waals surface area contributed by atoms with Gasteiger partial charge in [0.2, 0.25) is 0 Å². The topological polar surface area (TPSA) is 141 Å². The van der Waals surface area contributed by atoms with Crippen LogP contribution in [0.1, 0.15) is 84.0 Å². The van der Waals surface area contributed by atoms with Gasteiger partial charge in [-0.2, -0.15) is 0 Å². The van der Waals surface area contributed by atoms with Crippen LogP contribution in [0.5, 0.6) is 0 Å². The average molecular weight is 771 g/mol. The minimum atomic E-state index is -3.68. The molecule has 2 aliphatic heterocycles. The summed E-state index contributed by atoms with van der Waals surface area (Å²) < 4.78 is 62.8. The number of esters is 3. The molecule has 54 heavy (non-hydrogen) atoms. The molecular weight excluding hydrogens is 713 g/mol. The van der Waals surface area contributed by atoms with E-state index < -0.39 is 39.4 Å². The number of rotatable bonds is 18. The van der Waals surface area contributed by atoms with Gasteiger partial charge in [0.15, 0.2) is 9.84 Å². The summed E-state index contributed by atoms with van der Waals surface area (Å²) in [5.41, 5.74) is 1.73. The number of benzene rings is 2. The number of hydrogen-bond donors (Lipinski definition) is 0. The maximum Gasteiger partial charge on any atom is 0.338 e. The molecule has 2 aromatic carbocycles. The second kappa shape index (κ2) is 19.8. The molecule has 298 valence electrons. The van der Waals surface area contributed by atoms with Crippen molar-refractivity contribution in [3.8, 4) is 0 Å². The number of carbonyl (C=O) groups is 3. The first-order valence-corrected chi connectivity index (χ1v) is 20.6. The summed E-state index contributed by atoms with van der Waals surface area (Å²) in [6.45, 7) is 11.7. The van der Waals surface area contributed by atoms with Crippen molar-refractivity contribution in [1.29, 1.82) is 0 Å². The summed E-state index contributed by atoms with van der Waals surface area (Å²) in [5.74, 6) is -1.86. The van der Waals surface area contributed by atoms with Crippen LogP contribution in [-0.4, -0.2) is 90.0 Å². The summed E-state index contributed by atoms with van der Waals surface area (Å²) in [6, 6.07) is 17.2. The van der Waals surface area contributed by atoms with E-state index in [-0.39, 0.29) is 73.0 Å². The molecule has 2 heterocycles. The molecule has 2 aliphatic rings. The highest BCUT2D eigenvalue weighted by Gasteiger charge is 2.46. The van der Waals surface area contributed by atoms with Crippen LogP contribution < -0.4 is 0 Å². The van der Waals surface area contributed by atoms with Gasteiger partial charge in [-0.25, -0.2) is 18.0 Å². The highest BCUT2D eigenvalue weighted by atomic mass is 32.2. The lowest BCUT2D eigenvalue weighted by Gasteiger charge is -2.36. The first kappa shape index (κ1) is 43.2. The fourth-order valence-electron chi connectivity index (χ4n) is 7.06. The van der Waals surface area contributed by atoms with E-state index in [1.165, 1.54) is 7.11 Å². The van der Waals surface area contributed by atoms with Crippen LogP contribution in [0.15, 0.2) is 76.7 Å². The van der Waals surface area contributed by atoms with Crippen LogP contribution in [0.2, 0.25) is 0 Å². The first-order chi connectivity index (χ1) is 25.6. The molecule has 2 aromatic rings. The molecule has 0 amide bonds. The zero-order valence-corrected chi connectivity index (χ0v) is 33.6. The quantitative estimate of drug-likeness (QED) is 0.0685. The van der Waals surface area contributed by atoms with Crippen LogP contribution in [0.3, 0.4) is 0 Å². The Labute approximate surface area is 321 Å². The predicted octanol–water partition coefficient (Wildman–Crippen LogP) is 6.79. The predicted molar refractivity (Wildman–Crippen MR) is 203 cm³/mol. The molecule has 0 aliphatic carbocycles. The second-order valence-electron chi connectivity index (χ2n) is 15.7. The summed E-state index contributed by atoms with van der Waals surface area (Å²) in [4.78, 5) is 37.5. The highest BCUT2D eigenvalue weighted by molar-refractivity contribution is 7.91. The van der Waals surface area contributed by atoms with E-state index in [9.17, 15) is 22.8 Å². The number of methoxy groups -OCH3 is 1. The zero-order chi connectivity index (χ0) is 39.5. The third-order valence-corrected chi connectivity index (χ3v) is 12.0. The summed E-state index contributed by atoms with van der Waals surface area (Å²) in [7, 11) is -2.25. The number of sulfone groups is 1. The van der Waals surface area contributed by atoms with Gasteiger partial charge in [0.05, 0.1) is 59.3 Å². The average Bonchev–Trinajstić information content (AvgIpc) is 3.40. The molecule has 0 saturated carbocycles. The van der Waals surface area contributed by atoms with E-state index >= 15 is 0 Å². The lowest BCUT2D eigenvalue weighted by atomic mass is 9.83. The van der Waals surface area contributed by atoms with Crippen LogP contribution in [0, 0.1) is 23.2 Å². The fraction of sp³-hybridized carbons (Fsp3) is 0.595. The molecule has 0 spiro atoms. The van der Waals surface area contributed by atoms with Crippen molar-refractivity contribution in [1.82, 2.24) is 0 Å². The van der Waals surface area contributed by atoms with Crippen molar-refractivity contribution in [2.75, 3.05) is 39.3 Å². The summed E-state index contributed by atoms with van der Waals surface area (Å²) in [6.07, 6.45) is 1.23. The number of carbonyl (C=O) groups excluding carboxylic acids is 3. The van der Waals surface area contributed by atoms with Crippen molar-refractivity contribution in [2.24, 2.45) is 23.2 Å². The molecule has 0 bridgehead atoms. The second-order valence-corrected chi connectivity index (χ2v) is 17.8. The van der Waals surface area contributed by atoms with Crippen LogP contribution >= 0.6 is 0 Å². The third kappa shape index (κ3) is 12.5. The van der Waals surface area contributed by atoms with Gasteiger partial charge in [-0.05, 0) is 95.1 Å². The fourth-order valence-corrected chi connectivity index (χ4v) is 8.85. The van der Waals surface area contributed by atoms with E-state index in [1.807, 2.05) is 47.6 Å².